The van der Waals surface area contributed by atoms with Crippen LogP contribution in [0.3, 0.4) is 0 Å². The van der Waals surface area contributed by atoms with Gasteiger partial charge in [0, 0.05) is 33.3 Å². The van der Waals surface area contributed by atoms with Gasteiger partial charge in [-0.05, 0) is 30.4 Å². The number of hydrogen-bond acceptors (Lipinski definition) is 5. The number of carbonyl (C=O) groups is 2. The SMILES string of the molecule is CN(C)C(=O)CC1Cc2ccccc2C2(CCN(C(=O)c3ccon3)CC2)O1. The number of ether oxygens (including phenoxy) is 1. The molecular weight excluding hydrogens is 358 g/mol. The maximum atomic E-state index is 12.6. The molecule has 1 atom stereocenters. The van der Waals surface area contributed by atoms with E-state index >= 15 is 0 Å². The van der Waals surface area contributed by atoms with Crippen molar-refractivity contribution in [3.8, 4) is 0 Å². The molecule has 2 amide bonds. The number of likely N-dealkylation sites (tertiary alicyclic amines) is 1. The summed E-state index contributed by atoms with van der Waals surface area (Å²) in [5.74, 6) is -0.0507. The van der Waals surface area contributed by atoms with Crippen molar-refractivity contribution in [1.29, 1.82) is 0 Å². The zero-order chi connectivity index (χ0) is 19.7. The lowest BCUT2D eigenvalue weighted by atomic mass is 9.77. The quantitative estimate of drug-likeness (QED) is 0.812. The van der Waals surface area contributed by atoms with Crippen LogP contribution in [0.1, 0.15) is 40.9 Å². The molecule has 1 spiro atoms. The Bertz CT molecular complexity index is 854. The van der Waals surface area contributed by atoms with Crippen molar-refractivity contribution in [2.75, 3.05) is 27.2 Å². The molecule has 28 heavy (non-hydrogen) atoms. The van der Waals surface area contributed by atoms with E-state index < -0.39 is 5.60 Å². The van der Waals surface area contributed by atoms with Crippen molar-refractivity contribution in [2.24, 2.45) is 0 Å². The number of nitrogens with zero attached hydrogens (tertiary/aromatic N) is 3. The van der Waals surface area contributed by atoms with Gasteiger partial charge in [-0.2, -0.15) is 0 Å². The highest BCUT2D eigenvalue weighted by Gasteiger charge is 2.44. The Kier molecular flexibility index (Phi) is 4.93. The third-order valence-electron chi connectivity index (χ3n) is 5.76. The van der Waals surface area contributed by atoms with E-state index in [0.29, 0.717) is 38.0 Å². The summed E-state index contributed by atoms with van der Waals surface area (Å²) in [6.07, 6.45) is 3.75. The number of piperidine rings is 1. The molecule has 2 aliphatic rings. The number of aromatic nitrogens is 1. The summed E-state index contributed by atoms with van der Waals surface area (Å²) in [4.78, 5) is 28.2. The third-order valence-corrected chi connectivity index (χ3v) is 5.76. The standard InChI is InChI=1S/C21H25N3O4/c1-23(2)19(25)14-16-13-15-5-3-4-6-17(15)21(28-16)8-10-24(11-9-21)20(26)18-7-12-27-22-18/h3-7,12,16H,8-11,13-14H2,1-2H3. The predicted octanol–water partition coefficient (Wildman–Crippen LogP) is 2.23. The summed E-state index contributed by atoms with van der Waals surface area (Å²) in [7, 11) is 3.53. The molecule has 2 aliphatic heterocycles. The lowest BCUT2D eigenvalue weighted by Crippen LogP contribution is -2.50. The van der Waals surface area contributed by atoms with Crippen molar-refractivity contribution < 1.29 is 18.8 Å². The van der Waals surface area contributed by atoms with Crippen LogP contribution in [-0.4, -0.2) is 60.1 Å². The highest BCUT2D eigenvalue weighted by molar-refractivity contribution is 5.92. The largest absolute Gasteiger partial charge is 0.366 e. The molecule has 1 aromatic carbocycles. The second-order valence-corrected chi connectivity index (χ2v) is 7.76. The van der Waals surface area contributed by atoms with E-state index in [1.54, 1.807) is 30.0 Å². The molecule has 0 bridgehead atoms. The van der Waals surface area contributed by atoms with E-state index in [9.17, 15) is 9.59 Å². The first-order valence-electron chi connectivity index (χ1n) is 9.64. The molecule has 0 aliphatic carbocycles. The molecule has 1 aromatic heterocycles. The fourth-order valence-corrected chi connectivity index (χ4v) is 4.25. The Balaban J connectivity index is 1.54. The first kappa shape index (κ1) is 18.7. The highest BCUT2D eigenvalue weighted by atomic mass is 16.5. The molecule has 148 valence electrons. The number of hydrogen-bond donors (Lipinski definition) is 0. The maximum absolute atomic E-state index is 12.6. The van der Waals surface area contributed by atoms with Crippen LogP contribution in [0.15, 0.2) is 41.1 Å². The molecule has 0 N–H and O–H groups in total. The Morgan fingerprint density at radius 2 is 1.96 bits per heavy atom. The fraction of sp³-hybridized carbons (Fsp3) is 0.476. The normalized spacial score (nSPS) is 20.6. The molecule has 1 fully saturated rings. The number of benzene rings is 1. The smallest absolute Gasteiger partial charge is 0.276 e. The van der Waals surface area contributed by atoms with Gasteiger partial charge in [0.2, 0.25) is 5.91 Å². The van der Waals surface area contributed by atoms with Gasteiger partial charge in [-0.3, -0.25) is 9.59 Å². The zero-order valence-corrected chi connectivity index (χ0v) is 16.3. The summed E-state index contributed by atoms with van der Waals surface area (Å²) in [6.45, 7) is 1.16. The van der Waals surface area contributed by atoms with Gasteiger partial charge >= 0.3 is 0 Å². The Morgan fingerprint density at radius 1 is 1.21 bits per heavy atom. The van der Waals surface area contributed by atoms with Crippen LogP contribution in [0.25, 0.3) is 0 Å². The number of carbonyl (C=O) groups excluding carboxylic acids is 2. The fourth-order valence-electron chi connectivity index (χ4n) is 4.25. The van der Waals surface area contributed by atoms with E-state index in [4.69, 9.17) is 9.26 Å². The van der Waals surface area contributed by atoms with Crippen LogP contribution in [0.2, 0.25) is 0 Å². The van der Waals surface area contributed by atoms with Gasteiger partial charge in [0.05, 0.1) is 18.1 Å². The summed E-state index contributed by atoms with van der Waals surface area (Å²) in [6, 6.07) is 9.89. The maximum Gasteiger partial charge on any atom is 0.276 e. The first-order chi connectivity index (χ1) is 13.5. The van der Waals surface area contributed by atoms with E-state index in [1.807, 2.05) is 12.1 Å². The van der Waals surface area contributed by atoms with Crippen LogP contribution in [0.5, 0.6) is 0 Å². The van der Waals surface area contributed by atoms with E-state index in [2.05, 4.69) is 17.3 Å². The van der Waals surface area contributed by atoms with Gasteiger partial charge in [0.15, 0.2) is 5.69 Å². The van der Waals surface area contributed by atoms with Crippen LogP contribution >= 0.6 is 0 Å². The molecule has 0 saturated carbocycles. The highest BCUT2D eigenvalue weighted by Crippen LogP contribution is 2.44. The summed E-state index contributed by atoms with van der Waals surface area (Å²) in [5.41, 5.74) is 2.31. The Labute approximate surface area is 164 Å². The number of rotatable bonds is 3. The molecular formula is C21H25N3O4. The summed E-state index contributed by atoms with van der Waals surface area (Å²) < 4.78 is 11.4. The minimum atomic E-state index is -0.452. The zero-order valence-electron chi connectivity index (χ0n) is 16.3. The van der Waals surface area contributed by atoms with Gasteiger partial charge in [0.1, 0.15) is 6.26 Å². The summed E-state index contributed by atoms with van der Waals surface area (Å²) in [5, 5.41) is 3.75. The topological polar surface area (TPSA) is 75.9 Å². The first-order valence-corrected chi connectivity index (χ1v) is 9.64. The van der Waals surface area contributed by atoms with Gasteiger partial charge in [0.25, 0.3) is 5.91 Å². The second kappa shape index (κ2) is 7.39. The third kappa shape index (κ3) is 3.42. The second-order valence-electron chi connectivity index (χ2n) is 7.76. The van der Waals surface area contributed by atoms with Crippen LogP contribution < -0.4 is 0 Å². The van der Waals surface area contributed by atoms with Crippen molar-refractivity contribution >= 4 is 11.8 Å². The van der Waals surface area contributed by atoms with Crippen LogP contribution in [0.4, 0.5) is 0 Å². The van der Waals surface area contributed by atoms with Crippen LogP contribution in [0, 0.1) is 0 Å². The van der Waals surface area contributed by atoms with Gasteiger partial charge < -0.3 is 19.1 Å². The molecule has 7 nitrogen and oxygen atoms in total. The average Bonchev–Trinajstić information content (AvgIpc) is 3.23. The number of amides is 2. The van der Waals surface area contributed by atoms with E-state index in [1.165, 1.54) is 17.4 Å². The average molecular weight is 383 g/mol. The summed E-state index contributed by atoms with van der Waals surface area (Å²) >= 11 is 0. The Hall–Kier alpha value is -2.67. The Morgan fingerprint density at radius 3 is 2.64 bits per heavy atom. The van der Waals surface area contributed by atoms with E-state index in [0.717, 1.165) is 6.42 Å². The minimum absolute atomic E-state index is 0.0678. The molecule has 7 heteroatoms. The van der Waals surface area contributed by atoms with Crippen molar-refractivity contribution in [2.45, 2.75) is 37.4 Å². The van der Waals surface area contributed by atoms with Gasteiger partial charge in [-0.25, -0.2) is 0 Å². The molecule has 3 heterocycles. The lowest BCUT2D eigenvalue weighted by Gasteiger charge is -2.47. The van der Waals surface area contributed by atoms with Crippen LogP contribution in [-0.2, 0) is 21.6 Å². The van der Waals surface area contributed by atoms with E-state index in [-0.39, 0.29) is 17.9 Å². The molecule has 1 unspecified atom stereocenters. The van der Waals surface area contributed by atoms with Crippen molar-refractivity contribution in [3.63, 3.8) is 0 Å². The molecule has 0 radical (unpaired) electrons. The van der Waals surface area contributed by atoms with Gasteiger partial charge in [-0.15, -0.1) is 0 Å². The molecule has 1 saturated heterocycles. The van der Waals surface area contributed by atoms with Crippen molar-refractivity contribution in [3.05, 3.63) is 53.4 Å². The predicted molar refractivity (Wildman–Crippen MR) is 102 cm³/mol. The monoisotopic (exact) mass is 383 g/mol. The molecule has 4 rings (SSSR count). The van der Waals surface area contributed by atoms with Gasteiger partial charge in [-0.1, -0.05) is 29.4 Å². The van der Waals surface area contributed by atoms with Crippen molar-refractivity contribution in [1.82, 2.24) is 15.0 Å². The minimum Gasteiger partial charge on any atom is -0.366 e. The number of fused-ring (bicyclic) bond motifs is 2. The molecule has 2 aromatic rings. The lowest BCUT2D eigenvalue weighted by molar-refractivity contribution is -0.151.